The van der Waals surface area contributed by atoms with Gasteiger partial charge in [0.05, 0.1) is 5.54 Å². The van der Waals surface area contributed by atoms with Crippen LogP contribution >= 0.6 is 11.3 Å². The van der Waals surface area contributed by atoms with E-state index in [4.69, 9.17) is 0 Å². The molecule has 1 heterocycles. The summed E-state index contributed by atoms with van der Waals surface area (Å²) in [5, 5.41) is 6.57. The van der Waals surface area contributed by atoms with Crippen molar-refractivity contribution in [1.29, 1.82) is 0 Å². The number of hydrogen-bond acceptors (Lipinski definition) is 3. The maximum absolute atomic E-state index is 4.31. The van der Waals surface area contributed by atoms with Crippen molar-refractivity contribution in [2.45, 2.75) is 32.7 Å². The van der Waals surface area contributed by atoms with Crippen LogP contribution in [0.25, 0.3) is 0 Å². The molecule has 3 heteroatoms. The third-order valence-corrected chi connectivity index (χ3v) is 3.06. The van der Waals surface area contributed by atoms with Crippen LogP contribution in [0.1, 0.15) is 32.2 Å². The summed E-state index contributed by atoms with van der Waals surface area (Å²) in [4.78, 5) is 4.31. The van der Waals surface area contributed by atoms with E-state index in [0.717, 1.165) is 18.0 Å². The highest BCUT2D eigenvalue weighted by atomic mass is 32.1. The lowest BCUT2D eigenvalue weighted by Crippen LogP contribution is -2.36. The van der Waals surface area contributed by atoms with Gasteiger partial charge >= 0.3 is 0 Å². The van der Waals surface area contributed by atoms with E-state index in [2.05, 4.69) is 36.0 Å². The molecular formula is C11H16N2S. The van der Waals surface area contributed by atoms with Crippen LogP contribution in [0.4, 0.5) is 0 Å². The Labute approximate surface area is 89.8 Å². The maximum Gasteiger partial charge on any atom is 0.112 e. The first kappa shape index (κ1) is 11.2. The van der Waals surface area contributed by atoms with E-state index in [1.54, 1.807) is 11.3 Å². The fourth-order valence-electron chi connectivity index (χ4n) is 1.17. The minimum atomic E-state index is -0.0381. The second-order valence-electron chi connectivity index (χ2n) is 3.57. The standard InChI is InChI=1S/C11H16N2S/c1-4-5-6-7-13-11(2,3)10-12-8-9-14-10/h8-9,13H,6-7H2,1-3H3. The van der Waals surface area contributed by atoms with Crippen LogP contribution in [0.5, 0.6) is 0 Å². The van der Waals surface area contributed by atoms with Crippen molar-refractivity contribution in [3.05, 3.63) is 16.6 Å². The molecule has 0 saturated carbocycles. The second kappa shape index (κ2) is 5.14. The van der Waals surface area contributed by atoms with E-state index in [1.807, 2.05) is 18.5 Å². The highest BCUT2D eigenvalue weighted by Crippen LogP contribution is 2.21. The lowest BCUT2D eigenvalue weighted by Gasteiger charge is -2.23. The Hall–Kier alpha value is -0.850. The Kier molecular flexibility index (Phi) is 4.12. The van der Waals surface area contributed by atoms with E-state index in [9.17, 15) is 0 Å². The number of rotatable bonds is 4. The summed E-state index contributed by atoms with van der Waals surface area (Å²) < 4.78 is 0. The van der Waals surface area contributed by atoms with Crippen molar-refractivity contribution in [2.24, 2.45) is 0 Å². The molecule has 1 rings (SSSR count). The molecule has 0 unspecified atom stereocenters. The minimum Gasteiger partial charge on any atom is -0.305 e. The second-order valence-corrected chi connectivity index (χ2v) is 4.46. The highest BCUT2D eigenvalue weighted by molar-refractivity contribution is 7.09. The molecule has 0 atom stereocenters. The topological polar surface area (TPSA) is 24.9 Å². The van der Waals surface area contributed by atoms with Gasteiger partial charge in [-0.25, -0.2) is 4.98 Å². The summed E-state index contributed by atoms with van der Waals surface area (Å²) in [6.07, 6.45) is 2.74. The summed E-state index contributed by atoms with van der Waals surface area (Å²) in [6, 6.07) is 0. The molecule has 0 radical (unpaired) electrons. The summed E-state index contributed by atoms with van der Waals surface area (Å²) in [5.74, 6) is 5.92. The number of aromatic nitrogens is 1. The predicted octanol–water partition coefficient (Wildman–Crippen LogP) is 2.38. The van der Waals surface area contributed by atoms with Gasteiger partial charge < -0.3 is 5.32 Å². The molecule has 0 fully saturated rings. The fraction of sp³-hybridized carbons (Fsp3) is 0.545. The number of hydrogen-bond donors (Lipinski definition) is 1. The zero-order chi connectivity index (χ0) is 10.4. The molecule has 0 aliphatic carbocycles. The van der Waals surface area contributed by atoms with Crippen molar-refractivity contribution >= 4 is 11.3 Å². The molecule has 1 aromatic heterocycles. The Balaban J connectivity index is 2.45. The van der Waals surface area contributed by atoms with Crippen LogP contribution in [0, 0.1) is 11.8 Å². The molecule has 0 saturated heterocycles. The maximum atomic E-state index is 4.31. The van der Waals surface area contributed by atoms with E-state index >= 15 is 0 Å². The SMILES string of the molecule is CC#CCCNC(C)(C)c1nccs1. The third-order valence-electron chi connectivity index (χ3n) is 1.96. The molecule has 76 valence electrons. The summed E-state index contributed by atoms with van der Waals surface area (Å²) in [6.45, 7) is 7.07. The van der Waals surface area contributed by atoms with Crippen LogP contribution in [-0.4, -0.2) is 11.5 Å². The fourth-order valence-corrected chi connectivity index (χ4v) is 1.91. The van der Waals surface area contributed by atoms with Crippen LogP contribution in [0.15, 0.2) is 11.6 Å². The average molecular weight is 208 g/mol. The van der Waals surface area contributed by atoms with Gasteiger partial charge in [-0.05, 0) is 20.8 Å². The zero-order valence-electron chi connectivity index (χ0n) is 8.92. The zero-order valence-corrected chi connectivity index (χ0v) is 9.74. The predicted molar refractivity (Wildman–Crippen MR) is 61.2 cm³/mol. The average Bonchev–Trinajstić information content (AvgIpc) is 2.65. The Morgan fingerprint density at radius 1 is 1.57 bits per heavy atom. The molecule has 0 aromatic carbocycles. The van der Waals surface area contributed by atoms with Gasteiger partial charge in [-0.1, -0.05) is 0 Å². The van der Waals surface area contributed by atoms with Crippen molar-refractivity contribution in [2.75, 3.05) is 6.54 Å². The third kappa shape index (κ3) is 3.13. The van der Waals surface area contributed by atoms with Gasteiger partial charge in [0.15, 0.2) is 0 Å². The Bertz CT molecular complexity index is 317. The van der Waals surface area contributed by atoms with Crippen LogP contribution in [0.2, 0.25) is 0 Å². The summed E-state index contributed by atoms with van der Waals surface area (Å²) in [7, 11) is 0. The number of thiazole rings is 1. The van der Waals surface area contributed by atoms with E-state index < -0.39 is 0 Å². The first-order valence-electron chi connectivity index (χ1n) is 4.71. The van der Waals surface area contributed by atoms with Crippen molar-refractivity contribution in [1.82, 2.24) is 10.3 Å². The summed E-state index contributed by atoms with van der Waals surface area (Å²) >= 11 is 1.68. The van der Waals surface area contributed by atoms with Crippen molar-refractivity contribution in [3.63, 3.8) is 0 Å². The largest absolute Gasteiger partial charge is 0.305 e. The lowest BCUT2D eigenvalue weighted by atomic mass is 10.1. The molecule has 0 spiro atoms. The normalized spacial score (nSPS) is 10.8. The van der Waals surface area contributed by atoms with Gasteiger partial charge in [0.2, 0.25) is 0 Å². The molecule has 1 aromatic rings. The van der Waals surface area contributed by atoms with Crippen LogP contribution < -0.4 is 5.32 Å². The van der Waals surface area contributed by atoms with E-state index in [-0.39, 0.29) is 5.54 Å². The first-order valence-corrected chi connectivity index (χ1v) is 5.59. The van der Waals surface area contributed by atoms with Gasteiger partial charge in [-0.3, -0.25) is 0 Å². The summed E-state index contributed by atoms with van der Waals surface area (Å²) in [5.41, 5.74) is -0.0381. The first-order chi connectivity index (χ1) is 6.67. The monoisotopic (exact) mass is 208 g/mol. The Morgan fingerprint density at radius 2 is 2.36 bits per heavy atom. The Morgan fingerprint density at radius 3 is 2.93 bits per heavy atom. The molecule has 1 N–H and O–H groups in total. The van der Waals surface area contributed by atoms with Gasteiger partial charge in [-0.2, -0.15) is 0 Å². The molecule has 0 aliphatic heterocycles. The minimum absolute atomic E-state index is 0.0381. The van der Waals surface area contributed by atoms with Crippen molar-refractivity contribution in [3.8, 4) is 11.8 Å². The smallest absolute Gasteiger partial charge is 0.112 e. The van der Waals surface area contributed by atoms with Crippen molar-refractivity contribution < 1.29 is 0 Å². The van der Waals surface area contributed by atoms with Crippen LogP contribution in [-0.2, 0) is 5.54 Å². The number of nitrogens with one attached hydrogen (secondary N) is 1. The highest BCUT2D eigenvalue weighted by Gasteiger charge is 2.21. The molecule has 2 nitrogen and oxygen atoms in total. The molecule has 14 heavy (non-hydrogen) atoms. The lowest BCUT2D eigenvalue weighted by molar-refractivity contribution is 0.407. The van der Waals surface area contributed by atoms with E-state index in [0.29, 0.717) is 0 Å². The molecule has 0 bridgehead atoms. The van der Waals surface area contributed by atoms with Gasteiger partial charge in [0.1, 0.15) is 5.01 Å². The van der Waals surface area contributed by atoms with E-state index in [1.165, 1.54) is 0 Å². The number of nitrogens with zero attached hydrogens (tertiary/aromatic N) is 1. The molecular weight excluding hydrogens is 192 g/mol. The van der Waals surface area contributed by atoms with Gasteiger partial charge in [0.25, 0.3) is 0 Å². The van der Waals surface area contributed by atoms with Gasteiger partial charge in [0, 0.05) is 24.5 Å². The van der Waals surface area contributed by atoms with Gasteiger partial charge in [-0.15, -0.1) is 23.2 Å². The molecule has 0 amide bonds. The van der Waals surface area contributed by atoms with Crippen LogP contribution in [0.3, 0.4) is 0 Å². The molecule has 0 aliphatic rings. The quantitative estimate of drug-likeness (QED) is 0.607.